The van der Waals surface area contributed by atoms with Crippen LogP contribution >= 0.6 is 0 Å². The van der Waals surface area contributed by atoms with E-state index in [-0.39, 0.29) is 5.75 Å². The van der Waals surface area contributed by atoms with E-state index < -0.39 is 18.2 Å². The van der Waals surface area contributed by atoms with Crippen molar-refractivity contribution in [2.45, 2.75) is 12.2 Å². The van der Waals surface area contributed by atoms with Gasteiger partial charge in [-0.2, -0.15) is 0 Å². The first-order valence-corrected chi connectivity index (χ1v) is 9.81. The van der Waals surface area contributed by atoms with Crippen LogP contribution in [-0.4, -0.2) is 30.4 Å². The van der Waals surface area contributed by atoms with Crippen molar-refractivity contribution in [3.63, 3.8) is 0 Å². The van der Waals surface area contributed by atoms with Crippen molar-refractivity contribution < 1.29 is 19.4 Å². The summed E-state index contributed by atoms with van der Waals surface area (Å²) in [6.07, 6.45) is -0.907. The van der Waals surface area contributed by atoms with E-state index in [9.17, 15) is 9.90 Å². The van der Waals surface area contributed by atoms with Crippen LogP contribution in [-0.2, 0) is 14.3 Å². The van der Waals surface area contributed by atoms with Gasteiger partial charge in [0.2, 0.25) is 0 Å². The van der Waals surface area contributed by atoms with Crippen molar-refractivity contribution in [2.24, 2.45) is 0 Å². The van der Waals surface area contributed by atoms with E-state index in [2.05, 4.69) is 12.1 Å². The van der Waals surface area contributed by atoms with E-state index in [0.29, 0.717) is 5.57 Å². The molecule has 1 N–H and O–H groups in total. The van der Waals surface area contributed by atoms with Gasteiger partial charge in [-0.3, -0.25) is 0 Å². The second-order valence-corrected chi connectivity index (χ2v) is 7.32. The molecule has 0 radical (unpaired) electrons. The van der Waals surface area contributed by atoms with Crippen LogP contribution in [0.3, 0.4) is 0 Å². The van der Waals surface area contributed by atoms with E-state index in [1.165, 1.54) is 7.11 Å². The smallest absolute Gasteiger partial charge is 0.337 e. The Hall–Kier alpha value is -3.63. The summed E-state index contributed by atoms with van der Waals surface area (Å²) >= 11 is 0. The molecule has 30 heavy (non-hydrogen) atoms. The van der Waals surface area contributed by atoms with Crippen LogP contribution in [0.5, 0.6) is 5.75 Å². The molecule has 0 aliphatic carbocycles. The van der Waals surface area contributed by atoms with Gasteiger partial charge in [0.15, 0.2) is 0 Å². The zero-order chi connectivity index (χ0) is 20.7. The number of ether oxygens (including phenoxy) is 2. The second kappa shape index (κ2) is 7.32. The number of phenols is 1. The maximum absolute atomic E-state index is 12.8. The molecule has 0 aromatic heterocycles. The lowest BCUT2D eigenvalue weighted by Gasteiger charge is -2.22. The largest absolute Gasteiger partial charge is 0.508 e. The first kappa shape index (κ1) is 18.4. The van der Waals surface area contributed by atoms with Crippen LogP contribution in [0.1, 0.15) is 16.7 Å². The Morgan fingerprint density at radius 3 is 1.77 bits per heavy atom. The molecular weight excluding hydrogens is 376 g/mol. The van der Waals surface area contributed by atoms with Crippen molar-refractivity contribution in [2.75, 3.05) is 7.11 Å². The molecule has 148 valence electrons. The summed E-state index contributed by atoms with van der Waals surface area (Å²) in [5.74, 6) is -0.224. The number of phenolic OH excluding ortho intramolecular Hbond substituents is 1. The van der Waals surface area contributed by atoms with Gasteiger partial charge in [0.25, 0.3) is 0 Å². The SMILES string of the molecule is COC(=O)C1=C(c2ccc(O)cc2)[C@H]2O[C@@H]1C(c1ccccc1)=C2c1ccccc1. The van der Waals surface area contributed by atoms with Crippen molar-refractivity contribution >= 4 is 22.7 Å². The highest BCUT2D eigenvalue weighted by molar-refractivity contribution is 6.15. The summed E-state index contributed by atoms with van der Waals surface area (Å²) in [6.45, 7) is 0. The predicted molar refractivity (Wildman–Crippen MR) is 115 cm³/mol. The molecule has 5 rings (SSSR count). The number of fused-ring (bicyclic) bond motifs is 2. The molecule has 0 unspecified atom stereocenters. The van der Waals surface area contributed by atoms with E-state index in [0.717, 1.165) is 33.4 Å². The van der Waals surface area contributed by atoms with E-state index in [4.69, 9.17) is 9.47 Å². The molecule has 4 heteroatoms. The molecule has 0 saturated heterocycles. The minimum atomic E-state index is -0.510. The fourth-order valence-corrected chi connectivity index (χ4v) is 4.39. The topological polar surface area (TPSA) is 55.8 Å². The van der Waals surface area contributed by atoms with E-state index >= 15 is 0 Å². The summed E-state index contributed by atoms with van der Waals surface area (Å²) in [5, 5.41) is 9.73. The maximum atomic E-state index is 12.8. The molecule has 3 aromatic rings. The van der Waals surface area contributed by atoms with Gasteiger partial charge in [-0.05, 0) is 40.0 Å². The number of hydrogen-bond donors (Lipinski definition) is 1. The van der Waals surface area contributed by atoms with Gasteiger partial charge in [0.1, 0.15) is 18.0 Å². The molecule has 2 bridgehead atoms. The average molecular weight is 396 g/mol. The average Bonchev–Trinajstić information content (AvgIpc) is 3.37. The maximum Gasteiger partial charge on any atom is 0.337 e. The van der Waals surface area contributed by atoms with E-state index in [1.54, 1.807) is 12.1 Å². The third kappa shape index (κ3) is 2.85. The molecule has 4 nitrogen and oxygen atoms in total. The fraction of sp³-hybridized carbons (Fsp3) is 0.115. The highest BCUT2D eigenvalue weighted by Crippen LogP contribution is 2.54. The van der Waals surface area contributed by atoms with Crippen LogP contribution in [0.4, 0.5) is 0 Å². The van der Waals surface area contributed by atoms with Gasteiger partial charge in [-0.15, -0.1) is 0 Å². The summed E-state index contributed by atoms with van der Waals surface area (Å²) in [7, 11) is 1.39. The van der Waals surface area contributed by atoms with E-state index in [1.807, 2.05) is 60.7 Å². The van der Waals surface area contributed by atoms with Gasteiger partial charge < -0.3 is 14.6 Å². The number of esters is 1. The quantitative estimate of drug-likeness (QED) is 0.649. The van der Waals surface area contributed by atoms with Gasteiger partial charge >= 0.3 is 5.97 Å². The molecule has 2 aliphatic rings. The number of benzene rings is 3. The first-order chi connectivity index (χ1) is 14.7. The van der Waals surface area contributed by atoms with Crippen LogP contribution in [0, 0.1) is 0 Å². The lowest BCUT2D eigenvalue weighted by Crippen LogP contribution is -2.20. The number of methoxy groups -OCH3 is 1. The molecule has 3 aromatic carbocycles. The normalized spacial score (nSPS) is 20.0. The fourth-order valence-electron chi connectivity index (χ4n) is 4.39. The Balaban J connectivity index is 1.75. The summed E-state index contributed by atoms with van der Waals surface area (Å²) in [5.41, 5.74) is 6.29. The molecule has 2 atom stereocenters. The van der Waals surface area contributed by atoms with Crippen LogP contribution in [0.25, 0.3) is 16.7 Å². The Labute approximate surface area is 174 Å². The minimum absolute atomic E-state index is 0.173. The molecule has 0 fully saturated rings. The van der Waals surface area contributed by atoms with Crippen LogP contribution in [0.2, 0.25) is 0 Å². The zero-order valence-electron chi connectivity index (χ0n) is 16.4. The third-order valence-corrected chi connectivity index (χ3v) is 5.65. The predicted octanol–water partition coefficient (Wildman–Crippen LogP) is 4.71. The van der Waals surface area contributed by atoms with Gasteiger partial charge in [0, 0.05) is 5.57 Å². The highest BCUT2D eigenvalue weighted by Gasteiger charge is 2.50. The zero-order valence-corrected chi connectivity index (χ0v) is 16.4. The number of rotatable bonds is 4. The Morgan fingerprint density at radius 2 is 1.23 bits per heavy atom. The van der Waals surface area contributed by atoms with Gasteiger partial charge in [-0.25, -0.2) is 4.79 Å². The summed E-state index contributed by atoms with van der Waals surface area (Å²) < 4.78 is 11.6. The second-order valence-electron chi connectivity index (χ2n) is 7.32. The number of aromatic hydroxyl groups is 1. The Kier molecular flexibility index (Phi) is 4.49. The minimum Gasteiger partial charge on any atom is -0.508 e. The van der Waals surface area contributed by atoms with Crippen LogP contribution < -0.4 is 0 Å². The standard InChI is InChI=1S/C26H20O4/c1-29-26(28)23-22(18-12-14-19(27)15-13-18)24-20(16-8-4-2-5-9-16)21(25(23)30-24)17-10-6-3-7-11-17/h2-15,24-25,27H,1H3/t24-,25+/m0/s1. The van der Waals surface area contributed by atoms with Crippen molar-refractivity contribution in [3.05, 3.63) is 107 Å². The number of carbonyl (C=O) groups is 1. The van der Waals surface area contributed by atoms with Crippen molar-refractivity contribution in [1.29, 1.82) is 0 Å². The van der Waals surface area contributed by atoms with Crippen molar-refractivity contribution in [3.8, 4) is 5.75 Å². The molecule has 0 saturated carbocycles. The lowest BCUT2D eigenvalue weighted by molar-refractivity contribution is -0.136. The van der Waals surface area contributed by atoms with Gasteiger partial charge in [-0.1, -0.05) is 72.8 Å². The van der Waals surface area contributed by atoms with Gasteiger partial charge in [0.05, 0.1) is 12.7 Å². The number of hydrogen-bond acceptors (Lipinski definition) is 4. The third-order valence-electron chi connectivity index (χ3n) is 5.65. The molecule has 0 amide bonds. The highest BCUT2D eigenvalue weighted by atomic mass is 16.5. The Morgan fingerprint density at radius 1 is 0.733 bits per heavy atom. The monoisotopic (exact) mass is 396 g/mol. The van der Waals surface area contributed by atoms with Crippen LogP contribution in [0.15, 0.2) is 90.5 Å². The first-order valence-electron chi connectivity index (χ1n) is 9.81. The molecular formula is C26H20O4. The molecule has 0 spiro atoms. The molecule has 2 aliphatic heterocycles. The lowest BCUT2D eigenvalue weighted by atomic mass is 9.78. The summed E-state index contributed by atoms with van der Waals surface area (Å²) in [4.78, 5) is 12.8. The summed E-state index contributed by atoms with van der Waals surface area (Å²) in [6, 6.07) is 27.0. The Bertz CT molecular complexity index is 1160. The number of carbonyl (C=O) groups excluding carboxylic acids is 1. The molecule has 2 heterocycles. The van der Waals surface area contributed by atoms with Crippen molar-refractivity contribution in [1.82, 2.24) is 0 Å².